The molecule has 0 aromatic heterocycles. The Bertz CT molecular complexity index is 86.9. The predicted molar refractivity (Wildman–Crippen MR) is 49.5 cm³/mol. The highest BCUT2D eigenvalue weighted by Gasteiger charge is 2.14. The van der Waals surface area contributed by atoms with Crippen LogP contribution in [0.25, 0.3) is 0 Å². The molecule has 0 bridgehead atoms. The van der Waals surface area contributed by atoms with Gasteiger partial charge in [-0.2, -0.15) is 0 Å². The minimum atomic E-state index is 1.12. The van der Waals surface area contributed by atoms with Gasteiger partial charge in [0, 0.05) is 13.1 Å². The van der Waals surface area contributed by atoms with Crippen molar-refractivity contribution in [1.82, 2.24) is 4.90 Å². The zero-order valence-corrected chi connectivity index (χ0v) is 7.52. The molecule has 1 rings (SSSR count). The Morgan fingerprint density at radius 3 is 2.18 bits per heavy atom. The maximum Gasteiger partial charge on any atom is 0.0110 e. The zero-order valence-electron chi connectivity index (χ0n) is 7.52. The number of unbranched alkanes of at least 4 members (excludes halogenated alkanes) is 5. The van der Waals surface area contributed by atoms with Crippen LogP contribution in [0.1, 0.15) is 38.5 Å². The lowest BCUT2D eigenvalue weighted by atomic mass is 10.1. The quantitative estimate of drug-likeness (QED) is 0.402. The van der Waals surface area contributed by atoms with Gasteiger partial charge in [0.25, 0.3) is 0 Å². The average molecular weight is 154 g/mol. The van der Waals surface area contributed by atoms with Crippen molar-refractivity contribution >= 4 is 0 Å². The molecule has 1 aliphatic rings. The van der Waals surface area contributed by atoms with E-state index in [1.54, 1.807) is 0 Å². The first-order valence-electron chi connectivity index (χ1n) is 4.95. The van der Waals surface area contributed by atoms with Crippen LogP contribution >= 0.6 is 0 Å². The molecule has 0 atom stereocenters. The van der Waals surface area contributed by atoms with Crippen molar-refractivity contribution in [1.29, 1.82) is 0 Å². The molecule has 1 nitrogen and oxygen atoms in total. The van der Waals surface area contributed by atoms with Gasteiger partial charge in [0.15, 0.2) is 0 Å². The second-order valence-electron chi connectivity index (χ2n) is 3.46. The lowest BCUT2D eigenvalue weighted by Crippen LogP contribution is -1.98. The average Bonchev–Trinajstić information content (AvgIpc) is 2.80. The summed E-state index contributed by atoms with van der Waals surface area (Å²) in [4.78, 5) is 2.50. The van der Waals surface area contributed by atoms with Crippen molar-refractivity contribution in [2.45, 2.75) is 38.5 Å². The number of rotatable bonds is 7. The van der Waals surface area contributed by atoms with E-state index >= 15 is 0 Å². The van der Waals surface area contributed by atoms with E-state index in [0.717, 1.165) is 6.42 Å². The van der Waals surface area contributed by atoms with E-state index in [-0.39, 0.29) is 0 Å². The molecule has 0 unspecified atom stereocenters. The summed E-state index contributed by atoms with van der Waals surface area (Å²) in [7, 11) is 0. The molecule has 11 heavy (non-hydrogen) atoms. The van der Waals surface area contributed by atoms with E-state index in [0.29, 0.717) is 0 Å². The summed E-state index contributed by atoms with van der Waals surface area (Å²) >= 11 is 0. The van der Waals surface area contributed by atoms with Crippen LogP contribution in [0.3, 0.4) is 0 Å². The van der Waals surface area contributed by atoms with Crippen molar-refractivity contribution in [3.05, 3.63) is 6.92 Å². The topological polar surface area (TPSA) is 3.01 Å². The highest BCUT2D eigenvalue weighted by molar-refractivity contribution is 4.71. The van der Waals surface area contributed by atoms with Gasteiger partial charge in [-0.3, -0.25) is 0 Å². The van der Waals surface area contributed by atoms with E-state index < -0.39 is 0 Å². The molecule has 1 aliphatic heterocycles. The summed E-state index contributed by atoms with van der Waals surface area (Å²) in [6.07, 6.45) is 8.09. The first-order valence-corrected chi connectivity index (χ1v) is 4.95. The van der Waals surface area contributed by atoms with Gasteiger partial charge in [-0.05, 0) is 13.0 Å². The fourth-order valence-electron chi connectivity index (χ4n) is 1.34. The van der Waals surface area contributed by atoms with Gasteiger partial charge >= 0.3 is 0 Å². The number of hydrogen-bond donors (Lipinski definition) is 0. The summed E-state index contributed by atoms with van der Waals surface area (Å²) in [5.41, 5.74) is 0. The summed E-state index contributed by atoms with van der Waals surface area (Å²) in [6, 6.07) is 0. The summed E-state index contributed by atoms with van der Waals surface area (Å²) < 4.78 is 0. The van der Waals surface area contributed by atoms with Crippen LogP contribution in [0, 0.1) is 6.92 Å². The van der Waals surface area contributed by atoms with Crippen LogP contribution in [0.5, 0.6) is 0 Å². The van der Waals surface area contributed by atoms with Crippen molar-refractivity contribution in [3.63, 3.8) is 0 Å². The Morgan fingerprint density at radius 2 is 1.55 bits per heavy atom. The minimum Gasteiger partial charge on any atom is -0.301 e. The molecule has 0 aliphatic carbocycles. The molecular weight excluding hydrogens is 134 g/mol. The van der Waals surface area contributed by atoms with Crippen molar-refractivity contribution in [2.24, 2.45) is 0 Å². The third-order valence-electron chi connectivity index (χ3n) is 2.26. The van der Waals surface area contributed by atoms with Crippen molar-refractivity contribution < 1.29 is 0 Å². The van der Waals surface area contributed by atoms with Gasteiger partial charge in [0.1, 0.15) is 0 Å². The summed E-state index contributed by atoms with van der Waals surface area (Å²) in [6.45, 7) is 7.91. The Balaban J connectivity index is 1.66. The third kappa shape index (κ3) is 5.25. The molecule has 0 saturated carbocycles. The monoisotopic (exact) mass is 154 g/mol. The van der Waals surface area contributed by atoms with Crippen LogP contribution in [-0.4, -0.2) is 24.5 Å². The number of nitrogens with zero attached hydrogens (tertiary/aromatic N) is 1. The lowest BCUT2D eigenvalue weighted by molar-refractivity contribution is 0.503. The Kier molecular flexibility index (Phi) is 4.60. The third-order valence-corrected chi connectivity index (χ3v) is 2.26. The standard InChI is InChI=1S/C10H20N/c1-2-3-4-5-6-7-8-11-9-10-11/h1-10H2. The molecule has 1 radical (unpaired) electrons. The maximum atomic E-state index is 3.83. The normalized spacial score (nSPS) is 17.2. The Morgan fingerprint density at radius 1 is 0.909 bits per heavy atom. The molecule has 0 aromatic rings. The molecule has 0 N–H and O–H groups in total. The van der Waals surface area contributed by atoms with Crippen LogP contribution < -0.4 is 0 Å². The molecular formula is C10H20N. The van der Waals surface area contributed by atoms with Crippen LogP contribution in [0.4, 0.5) is 0 Å². The van der Waals surface area contributed by atoms with Crippen LogP contribution in [0.2, 0.25) is 0 Å². The van der Waals surface area contributed by atoms with E-state index in [1.807, 2.05) is 0 Å². The van der Waals surface area contributed by atoms with Crippen LogP contribution in [-0.2, 0) is 0 Å². The van der Waals surface area contributed by atoms with Gasteiger partial charge in [0.2, 0.25) is 0 Å². The Labute approximate surface area is 70.8 Å². The zero-order chi connectivity index (χ0) is 7.94. The van der Waals surface area contributed by atoms with Crippen molar-refractivity contribution in [3.8, 4) is 0 Å². The minimum absolute atomic E-state index is 1.12. The summed E-state index contributed by atoms with van der Waals surface area (Å²) in [5, 5.41) is 0. The lowest BCUT2D eigenvalue weighted by Gasteiger charge is -2.00. The van der Waals surface area contributed by atoms with Gasteiger partial charge < -0.3 is 4.90 Å². The SMILES string of the molecule is [CH2]CCCCCCCN1CC1. The fraction of sp³-hybridized carbons (Fsp3) is 0.900. The molecule has 1 heteroatoms. The largest absolute Gasteiger partial charge is 0.301 e. The Hall–Kier alpha value is -0.0400. The predicted octanol–water partition coefficient (Wildman–Crippen LogP) is 2.48. The molecule has 65 valence electrons. The van der Waals surface area contributed by atoms with Gasteiger partial charge in [-0.15, -0.1) is 0 Å². The second kappa shape index (κ2) is 5.59. The van der Waals surface area contributed by atoms with E-state index in [1.165, 1.54) is 51.7 Å². The molecule has 1 heterocycles. The van der Waals surface area contributed by atoms with Gasteiger partial charge in [-0.25, -0.2) is 0 Å². The molecule has 0 spiro atoms. The first kappa shape index (κ1) is 9.05. The molecule has 0 amide bonds. The van der Waals surface area contributed by atoms with Crippen molar-refractivity contribution in [2.75, 3.05) is 19.6 Å². The molecule has 1 saturated heterocycles. The van der Waals surface area contributed by atoms with Crippen LogP contribution in [0.15, 0.2) is 0 Å². The first-order chi connectivity index (χ1) is 5.43. The van der Waals surface area contributed by atoms with E-state index in [4.69, 9.17) is 0 Å². The molecule has 1 fully saturated rings. The van der Waals surface area contributed by atoms with Gasteiger partial charge in [0.05, 0.1) is 0 Å². The van der Waals surface area contributed by atoms with E-state index in [9.17, 15) is 0 Å². The van der Waals surface area contributed by atoms with E-state index in [2.05, 4.69) is 11.8 Å². The fourth-order valence-corrected chi connectivity index (χ4v) is 1.34. The van der Waals surface area contributed by atoms with Gasteiger partial charge in [-0.1, -0.05) is 39.0 Å². The molecule has 0 aromatic carbocycles. The maximum absolute atomic E-state index is 3.83. The highest BCUT2D eigenvalue weighted by atomic mass is 15.2. The number of hydrogen-bond acceptors (Lipinski definition) is 1. The second-order valence-corrected chi connectivity index (χ2v) is 3.46. The highest BCUT2D eigenvalue weighted by Crippen LogP contribution is 2.09. The summed E-state index contributed by atoms with van der Waals surface area (Å²) in [5.74, 6) is 0. The smallest absolute Gasteiger partial charge is 0.0110 e.